The van der Waals surface area contributed by atoms with Crippen LogP contribution in [0.4, 0.5) is 0 Å². The van der Waals surface area contributed by atoms with Crippen LogP contribution < -0.4 is 4.72 Å². The summed E-state index contributed by atoms with van der Waals surface area (Å²) in [6.07, 6.45) is 6.74. The lowest BCUT2D eigenvalue weighted by atomic mass is 10.0. The Kier molecular flexibility index (Phi) is 3.57. The first-order valence-electron chi connectivity index (χ1n) is 7.55. The van der Waals surface area contributed by atoms with Gasteiger partial charge in [0.25, 0.3) is 0 Å². The molecule has 0 aliphatic heterocycles. The Morgan fingerprint density at radius 1 is 1.25 bits per heavy atom. The Bertz CT molecular complexity index is 493. The summed E-state index contributed by atoms with van der Waals surface area (Å²) in [7, 11) is -2.09. The average molecular weight is 301 g/mol. The Labute approximate surface area is 120 Å². The number of nitrogens with one attached hydrogen (secondary N) is 1. The average Bonchev–Trinajstić information content (AvgIpc) is 3.33. The van der Waals surface area contributed by atoms with Crippen molar-refractivity contribution >= 4 is 16.0 Å². The first-order valence-corrected chi connectivity index (χ1v) is 9.09. The van der Waals surface area contributed by atoms with E-state index in [9.17, 15) is 13.2 Å². The van der Waals surface area contributed by atoms with Crippen molar-refractivity contribution in [1.82, 2.24) is 4.72 Å². The summed E-state index contributed by atoms with van der Waals surface area (Å²) in [5, 5.41) is -0.607. The van der Waals surface area contributed by atoms with Crippen LogP contribution >= 0.6 is 0 Å². The number of hydrogen-bond donors (Lipinski definition) is 1. The molecular weight excluding hydrogens is 278 g/mol. The van der Waals surface area contributed by atoms with Gasteiger partial charge in [-0.25, -0.2) is 13.1 Å². The summed E-state index contributed by atoms with van der Waals surface area (Å²) in [5.74, 6) is -0.153. The molecule has 1 N–H and O–H groups in total. The van der Waals surface area contributed by atoms with Crippen LogP contribution in [0.3, 0.4) is 0 Å². The quantitative estimate of drug-likeness (QED) is 0.753. The lowest BCUT2D eigenvalue weighted by Crippen LogP contribution is -2.42. The SMILES string of the molecule is COC(=O)C1CCCC1S(=O)(=O)NCC1(C2CC2)CC1. The molecule has 3 saturated carbocycles. The molecule has 3 aliphatic carbocycles. The summed E-state index contributed by atoms with van der Waals surface area (Å²) in [6, 6.07) is 0. The van der Waals surface area contributed by atoms with Gasteiger partial charge in [-0.05, 0) is 49.9 Å². The van der Waals surface area contributed by atoms with Gasteiger partial charge < -0.3 is 4.74 Å². The van der Waals surface area contributed by atoms with Gasteiger partial charge in [-0.2, -0.15) is 0 Å². The maximum atomic E-state index is 12.5. The van der Waals surface area contributed by atoms with E-state index in [0.717, 1.165) is 25.2 Å². The molecule has 2 unspecified atom stereocenters. The second-order valence-corrected chi connectivity index (χ2v) is 8.59. The van der Waals surface area contributed by atoms with Crippen LogP contribution in [-0.4, -0.2) is 33.3 Å². The molecule has 0 bridgehead atoms. The van der Waals surface area contributed by atoms with Gasteiger partial charge in [0.1, 0.15) is 0 Å². The van der Waals surface area contributed by atoms with E-state index in [-0.39, 0.29) is 11.4 Å². The lowest BCUT2D eigenvalue weighted by molar-refractivity contribution is -0.145. The first-order chi connectivity index (χ1) is 9.48. The number of hydrogen-bond acceptors (Lipinski definition) is 4. The molecule has 0 aromatic carbocycles. The van der Waals surface area contributed by atoms with Crippen LogP contribution in [-0.2, 0) is 19.6 Å². The Morgan fingerprint density at radius 3 is 2.50 bits per heavy atom. The third-order valence-corrected chi connectivity index (χ3v) is 7.22. The second kappa shape index (κ2) is 4.98. The standard InChI is InChI=1S/C14H23NO4S/c1-19-13(16)11-3-2-4-12(11)20(17,18)15-9-14(7-8-14)10-5-6-10/h10-12,15H,2-9H2,1H3. The number of rotatable bonds is 6. The van der Waals surface area contributed by atoms with E-state index in [1.807, 2.05) is 0 Å². The summed E-state index contributed by atoms with van der Waals surface area (Å²) in [5.41, 5.74) is 0.242. The molecule has 0 aromatic heterocycles. The van der Waals surface area contributed by atoms with Gasteiger partial charge in [0.05, 0.1) is 18.3 Å². The van der Waals surface area contributed by atoms with Crippen LogP contribution in [0.5, 0.6) is 0 Å². The molecule has 0 saturated heterocycles. The molecule has 0 aromatic rings. The topological polar surface area (TPSA) is 72.5 Å². The number of esters is 1. The van der Waals surface area contributed by atoms with Crippen LogP contribution in [0, 0.1) is 17.3 Å². The van der Waals surface area contributed by atoms with Crippen LogP contribution in [0.2, 0.25) is 0 Å². The molecule has 3 fully saturated rings. The Balaban J connectivity index is 1.63. The highest BCUT2D eigenvalue weighted by Gasteiger charge is 2.54. The minimum absolute atomic E-state index is 0.242. The molecule has 114 valence electrons. The Hall–Kier alpha value is -0.620. The third-order valence-electron chi connectivity index (χ3n) is 5.32. The molecule has 3 rings (SSSR count). The molecule has 0 amide bonds. The van der Waals surface area contributed by atoms with Gasteiger partial charge >= 0.3 is 5.97 Å². The molecule has 0 heterocycles. The number of methoxy groups -OCH3 is 1. The van der Waals surface area contributed by atoms with E-state index in [1.165, 1.54) is 20.0 Å². The zero-order valence-corrected chi connectivity index (χ0v) is 12.7. The minimum atomic E-state index is -3.41. The summed E-state index contributed by atoms with van der Waals surface area (Å²) >= 11 is 0. The number of carbonyl (C=O) groups excluding carboxylic acids is 1. The van der Waals surface area contributed by atoms with E-state index < -0.39 is 21.2 Å². The van der Waals surface area contributed by atoms with E-state index in [2.05, 4.69) is 4.72 Å². The predicted octanol–water partition coefficient (Wildman–Crippen LogP) is 1.44. The highest BCUT2D eigenvalue weighted by Crippen LogP contribution is 2.60. The monoisotopic (exact) mass is 301 g/mol. The van der Waals surface area contributed by atoms with E-state index in [4.69, 9.17) is 4.74 Å². The largest absolute Gasteiger partial charge is 0.469 e. The van der Waals surface area contributed by atoms with Crippen molar-refractivity contribution in [2.24, 2.45) is 17.3 Å². The highest BCUT2D eigenvalue weighted by atomic mass is 32.2. The summed E-state index contributed by atoms with van der Waals surface area (Å²) < 4.78 is 32.5. The van der Waals surface area contributed by atoms with E-state index >= 15 is 0 Å². The fraction of sp³-hybridized carbons (Fsp3) is 0.929. The van der Waals surface area contributed by atoms with Crippen molar-refractivity contribution < 1.29 is 17.9 Å². The van der Waals surface area contributed by atoms with E-state index in [1.54, 1.807) is 0 Å². The van der Waals surface area contributed by atoms with Crippen LogP contribution in [0.1, 0.15) is 44.9 Å². The lowest BCUT2D eigenvalue weighted by Gasteiger charge is -2.21. The first kappa shape index (κ1) is 14.3. The summed E-state index contributed by atoms with van der Waals surface area (Å²) in [4.78, 5) is 11.7. The molecular formula is C14H23NO4S. The minimum Gasteiger partial charge on any atom is -0.469 e. The smallest absolute Gasteiger partial charge is 0.310 e. The van der Waals surface area contributed by atoms with Crippen LogP contribution in [0.15, 0.2) is 0 Å². The third kappa shape index (κ3) is 2.60. The molecule has 0 radical (unpaired) electrons. The van der Waals surface area contributed by atoms with Crippen LogP contribution in [0.25, 0.3) is 0 Å². The molecule has 20 heavy (non-hydrogen) atoms. The molecule has 3 aliphatic rings. The zero-order valence-electron chi connectivity index (χ0n) is 11.9. The number of carbonyl (C=O) groups is 1. The molecule has 0 spiro atoms. The van der Waals surface area contributed by atoms with Gasteiger partial charge in [-0.15, -0.1) is 0 Å². The van der Waals surface area contributed by atoms with Crippen molar-refractivity contribution in [2.75, 3.05) is 13.7 Å². The summed E-state index contributed by atoms with van der Waals surface area (Å²) in [6.45, 7) is 0.560. The van der Waals surface area contributed by atoms with Gasteiger partial charge in [0, 0.05) is 6.54 Å². The maximum Gasteiger partial charge on any atom is 0.310 e. The fourth-order valence-corrected chi connectivity index (χ4v) is 5.51. The van der Waals surface area contributed by atoms with Crippen molar-refractivity contribution in [3.8, 4) is 0 Å². The maximum absolute atomic E-state index is 12.5. The van der Waals surface area contributed by atoms with Gasteiger partial charge in [-0.3, -0.25) is 4.79 Å². The van der Waals surface area contributed by atoms with Gasteiger partial charge in [0.2, 0.25) is 10.0 Å². The van der Waals surface area contributed by atoms with Crippen molar-refractivity contribution in [2.45, 2.75) is 50.2 Å². The second-order valence-electron chi connectivity index (χ2n) is 6.60. The predicted molar refractivity (Wildman–Crippen MR) is 74.5 cm³/mol. The molecule has 2 atom stereocenters. The highest BCUT2D eigenvalue weighted by molar-refractivity contribution is 7.90. The fourth-order valence-electron chi connectivity index (χ4n) is 3.66. The number of ether oxygens (including phenoxy) is 1. The zero-order chi connectivity index (χ0) is 14.4. The van der Waals surface area contributed by atoms with Gasteiger partial charge in [0.15, 0.2) is 0 Å². The van der Waals surface area contributed by atoms with E-state index in [0.29, 0.717) is 19.4 Å². The number of sulfonamides is 1. The van der Waals surface area contributed by atoms with Gasteiger partial charge in [-0.1, -0.05) is 6.42 Å². The normalized spacial score (nSPS) is 32.0. The van der Waals surface area contributed by atoms with Crippen molar-refractivity contribution in [3.05, 3.63) is 0 Å². The molecule has 5 nitrogen and oxygen atoms in total. The Morgan fingerprint density at radius 2 is 1.95 bits per heavy atom. The van der Waals surface area contributed by atoms with Crippen molar-refractivity contribution in [3.63, 3.8) is 0 Å². The molecule has 6 heteroatoms. The van der Waals surface area contributed by atoms with Crippen molar-refractivity contribution in [1.29, 1.82) is 0 Å².